The summed E-state index contributed by atoms with van der Waals surface area (Å²) >= 11 is 0. The summed E-state index contributed by atoms with van der Waals surface area (Å²) in [6.45, 7) is -0.406. The Kier molecular flexibility index (Phi) is 2.96. The Labute approximate surface area is 82.6 Å². The Morgan fingerprint density at radius 2 is 2.20 bits per heavy atom. The van der Waals surface area contributed by atoms with Gasteiger partial charge in [-0.3, -0.25) is 14.8 Å². The van der Waals surface area contributed by atoms with Crippen molar-refractivity contribution in [3.8, 4) is 0 Å². The molecule has 0 saturated carbocycles. The highest BCUT2D eigenvalue weighted by atomic mass is 19.4. The minimum atomic E-state index is -4.51. The highest BCUT2D eigenvalue weighted by molar-refractivity contribution is 5.13. The van der Waals surface area contributed by atoms with E-state index >= 15 is 0 Å². The van der Waals surface area contributed by atoms with Gasteiger partial charge in [-0.05, 0) is 6.07 Å². The van der Waals surface area contributed by atoms with Crippen molar-refractivity contribution in [1.29, 1.82) is 0 Å². The number of aromatic nitrogens is 2. The van der Waals surface area contributed by atoms with Gasteiger partial charge in [0.1, 0.15) is 0 Å². The zero-order chi connectivity index (χ0) is 11.6. The van der Waals surface area contributed by atoms with Crippen LogP contribution in [0.2, 0.25) is 0 Å². The van der Waals surface area contributed by atoms with Gasteiger partial charge in [0.15, 0.2) is 5.69 Å². The quantitative estimate of drug-likeness (QED) is 0.572. The molecule has 0 bridgehead atoms. The van der Waals surface area contributed by atoms with Gasteiger partial charge in [0.2, 0.25) is 6.54 Å². The standard InChI is InChI=1S/C7H8F3N3O2/c1-12-5(2-3-13(14)15)4-6(11-12)7(8,9)10/h4H,2-3H2,1H3. The maximum absolute atomic E-state index is 12.2. The molecule has 1 rings (SSSR count). The molecule has 15 heavy (non-hydrogen) atoms. The zero-order valence-electron chi connectivity index (χ0n) is 7.78. The highest BCUT2D eigenvalue weighted by Gasteiger charge is 2.34. The molecule has 84 valence electrons. The number of hydrogen-bond acceptors (Lipinski definition) is 3. The van der Waals surface area contributed by atoms with Gasteiger partial charge in [-0.15, -0.1) is 0 Å². The summed E-state index contributed by atoms with van der Waals surface area (Å²) in [5.41, 5.74) is -0.831. The van der Waals surface area contributed by atoms with E-state index in [2.05, 4.69) is 5.10 Å². The zero-order valence-corrected chi connectivity index (χ0v) is 7.78. The van der Waals surface area contributed by atoms with Crippen molar-refractivity contribution in [3.63, 3.8) is 0 Å². The first-order chi connectivity index (χ1) is 6.80. The van der Waals surface area contributed by atoms with E-state index in [1.807, 2.05) is 0 Å². The van der Waals surface area contributed by atoms with Crippen molar-refractivity contribution < 1.29 is 18.1 Å². The average molecular weight is 223 g/mol. The van der Waals surface area contributed by atoms with Crippen molar-refractivity contribution in [2.24, 2.45) is 7.05 Å². The molecule has 5 nitrogen and oxygen atoms in total. The first kappa shape index (κ1) is 11.5. The lowest BCUT2D eigenvalue weighted by Gasteiger charge is -1.99. The van der Waals surface area contributed by atoms with Gasteiger partial charge in [0, 0.05) is 17.7 Å². The maximum Gasteiger partial charge on any atom is 0.435 e. The molecule has 0 saturated heterocycles. The first-order valence-electron chi connectivity index (χ1n) is 4.02. The molecule has 8 heteroatoms. The van der Waals surface area contributed by atoms with Crippen molar-refractivity contribution in [3.05, 3.63) is 27.6 Å². The SMILES string of the molecule is Cn1nc(C(F)(F)F)cc1CC[N+](=O)[O-]. The van der Waals surface area contributed by atoms with Crippen LogP contribution in [0.1, 0.15) is 11.4 Å². The van der Waals surface area contributed by atoms with E-state index in [-0.39, 0.29) is 12.1 Å². The topological polar surface area (TPSA) is 61.0 Å². The molecular formula is C7H8F3N3O2. The summed E-state index contributed by atoms with van der Waals surface area (Å²) in [5.74, 6) is 0. The second-order valence-electron chi connectivity index (χ2n) is 2.95. The van der Waals surface area contributed by atoms with Crippen LogP contribution in [0.3, 0.4) is 0 Å². The minimum absolute atomic E-state index is 0.0629. The van der Waals surface area contributed by atoms with E-state index < -0.39 is 23.3 Å². The number of rotatable bonds is 3. The van der Waals surface area contributed by atoms with E-state index in [1.165, 1.54) is 7.05 Å². The lowest BCUT2D eigenvalue weighted by Crippen LogP contribution is -2.08. The summed E-state index contributed by atoms with van der Waals surface area (Å²) in [5, 5.41) is 13.3. The Balaban J connectivity index is 2.82. The normalized spacial score (nSPS) is 11.7. The fourth-order valence-electron chi connectivity index (χ4n) is 1.08. The summed E-state index contributed by atoms with van der Waals surface area (Å²) in [7, 11) is 1.32. The maximum atomic E-state index is 12.2. The Hall–Kier alpha value is -1.60. The van der Waals surface area contributed by atoms with Gasteiger partial charge in [0.25, 0.3) is 0 Å². The smallest absolute Gasteiger partial charge is 0.272 e. The molecule has 0 radical (unpaired) electrons. The third-order valence-corrected chi connectivity index (χ3v) is 1.82. The van der Waals surface area contributed by atoms with Gasteiger partial charge >= 0.3 is 6.18 Å². The van der Waals surface area contributed by atoms with Gasteiger partial charge in [-0.1, -0.05) is 0 Å². The number of nitro groups is 1. The van der Waals surface area contributed by atoms with Crippen LogP contribution in [0.15, 0.2) is 6.07 Å². The molecule has 0 aliphatic rings. The molecule has 0 fully saturated rings. The summed E-state index contributed by atoms with van der Waals surface area (Å²) in [6.07, 6.45) is -4.57. The Morgan fingerprint density at radius 1 is 1.60 bits per heavy atom. The van der Waals surface area contributed by atoms with Gasteiger partial charge in [-0.2, -0.15) is 18.3 Å². The van der Waals surface area contributed by atoms with Crippen molar-refractivity contribution >= 4 is 0 Å². The van der Waals surface area contributed by atoms with Crippen molar-refractivity contribution in [1.82, 2.24) is 9.78 Å². The molecular weight excluding hydrogens is 215 g/mol. The van der Waals surface area contributed by atoms with Crippen molar-refractivity contribution in [2.75, 3.05) is 6.54 Å². The minimum Gasteiger partial charge on any atom is -0.272 e. The second kappa shape index (κ2) is 3.87. The first-order valence-corrected chi connectivity index (χ1v) is 4.02. The second-order valence-corrected chi connectivity index (χ2v) is 2.95. The molecule has 0 amide bonds. The molecule has 1 aromatic rings. The van der Waals surface area contributed by atoms with E-state index in [4.69, 9.17) is 0 Å². The Morgan fingerprint density at radius 3 is 2.60 bits per heavy atom. The fourth-order valence-corrected chi connectivity index (χ4v) is 1.08. The molecule has 0 spiro atoms. The van der Waals surface area contributed by atoms with Crippen LogP contribution in [0.5, 0.6) is 0 Å². The van der Waals surface area contributed by atoms with E-state index in [1.54, 1.807) is 0 Å². The number of aryl methyl sites for hydroxylation is 1. The third-order valence-electron chi connectivity index (χ3n) is 1.82. The number of nitrogens with zero attached hydrogens (tertiary/aromatic N) is 3. The summed E-state index contributed by atoms with van der Waals surface area (Å²) in [6, 6.07) is 0.823. The van der Waals surface area contributed by atoms with E-state index in [0.29, 0.717) is 0 Å². The number of halogens is 3. The van der Waals surface area contributed by atoms with Gasteiger partial charge in [-0.25, -0.2) is 0 Å². The van der Waals surface area contributed by atoms with Crippen LogP contribution in [-0.2, 0) is 19.6 Å². The van der Waals surface area contributed by atoms with Gasteiger partial charge < -0.3 is 0 Å². The number of hydrogen-bond donors (Lipinski definition) is 0. The van der Waals surface area contributed by atoms with Crippen LogP contribution in [-0.4, -0.2) is 21.2 Å². The van der Waals surface area contributed by atoms with E-state index in [0.717, 1.165) is 10.7 Å². The third kappa shape index (κ3) is 2.93. The molecule has 0 aliphatic heterocycles. The van der Waals surface area contributed by atoms with Gasteiger partial charge in [0.05, 0.1) is 6.42 Å². The molecule has 0 aromatic carbocycles. The van der Waals surface area contributed by atoms with Crippen LogP contribution < -0.4 is 0 Å². The van der Waals surface area contributed by atoms with Crippen LogP contribution >= 0.6 is 0 Å². The Bertz CT molecular complexity index is 372. The molecule has 1 aromatic heterocycles. The molecule has 0 atom stereocenters. The fraction of sp³-hybridized carbons (Fsp3) is 0.571. The molecule has 0 unspecified atom stereocenters. The highest BCUT2D eigenvalue weighted by Crippen LogP contribution is 2.28. The summed E-state index contributed by atoms with van der Waals surface area (Å²) < 4.78 is 37.5. The molecule has 0 aliphatic carbocycles. The largest absolute Gasteiger partial charge is 0.435 e. The van der Waals surface area contributed by atoms with Crippen LogP contribution in [0.25, 0.3) is 0 Å². The molecule has 0 N–H and O–H groups in total. The molecule has 1 heterocycles. The monoisotopic (exact) mass is 223 g/mol. The predicted molar refractivity (Wildman–Crippen MR) is 43.8 cm³/mol. The summed E-state index contributed by atoms with van der Waals surface area (Å²) in [4.78, 5) is 9.46. The average Bonchev–Trinajstić information content (AvgIpc) is 2.42. The lowest BCUT2D eigenvalue weighted by molar-refractivity contribution is -0.479. The predicted octanol–water partition coefficient (Wildman–Crippen LogP) is 1.26. The van der Waals surface area contributed by atoms with Crippen LogP contribution in [0.4, 0.5) is 13.2 Å². The van der Waals surface area contributed by atoms with E-state index in [9.17, 15) is 23.3 Å². The lowest BCUT2D eigenvalue weighted by atomic mass is 10.3. The number of alkyl halides is 3. The van der Waals surface area contributed by atoms with Crippen LogP contribution in [0, 0.1) is 10.1 Å². The van der Waals surface area contributed by atoms with Crippen molar-refractivity contribution in [2.45, 2.75) is 12.6 Å².